The highest BCUT2D eigenvalue weighted by molar-refractivity contribution is 7.89. The van der Waals surface area contributed by atoms with E-state index in [4.69, 9.17) is 5.26 Å². The summed E-state index contributed by atoms with van der Waals surface area (Å²) in [6, 6.07) is 14.7. The quantitative estimate of drug-likeness (QED) is 0.836. The van der Waals surface area contributed by atoms with Crippen LogP contribution in [-0.2, 0) is 14.8 Å². The third kappa shape index (κ3) is 4.39. The van der Waals surface area contributed by atoms with Gasteiger partial charge in [-0.05, 0) is 36.4 Å². The standard InChI is InChI=1S/C18H20N4O3S/c1-21(2)17-7-5-4-6-16(17)20-18(23)13-22(3)26(24,25)15-10-8-14(12-19)9-11-15/h4-11H,13H2,1-3H3,(H,20,23). The van der Waals surface area contributed by atoms with Gasteiger partial charge in [0.15, 0.2) is 0 Å². The van der Waals surface area contributed by atoms with Crippen molar-refractivity contribution in [3.63, 3.8) is 0 Å². The number of carbonyl (C=O) groups excluding carboxylic acids is 1. The van der Waals surface area contributed by atoms with Crippen molar-refractivity contribution < 1.29 is 13.2 Å². The van der Waals surface area contributed by atoms with Gasteiger partial charge in [0.25, 0.3) is 0 Å². The van der Waals surface area contributed by atoms with Crippen molar-refractivity contribution in [2.75, 3.05) is 37.9 Å². The van der Waals surface area contributed by atoms with Crippen molar-refractivity contribution in [2.24, 2.45) is 0 Å². The Morgan fingerprint density at radius 1 is 1.08 bits per heavy atom. The van der Waals surface area contributed by atoms with Crippen LogP contribution in [0, 0.1) is 11.3 Å². The number of nitrogens with one attached hydrogen (secondary N) is 1. The smallest absolute Gasteiger partial charge is 0.243 e. The summed E-state index contributed by atoms with van der Waals surface area (Å²) >= 11 is 0. The fourth-order valence-corrected chi connectivity index (χ4v) is 3.45. The van der Waals surface area contributed by atoms with Gasteiger partial charge in [-0.3, -0.25) is 4.79 Å². The summed E-state index contributed by atoms with van der Waals surface area (Å²) in [5.74, 6) is -0.445. The number of hydrogen-bond donors (Lipinski definition) is 1. The van der Waals surface area contributed by atoms with E-state index in [9.17, 15) is 13.2 Å². The van der Waals surface area contributed by atoms with Crippen molar-refractivity contribution in [2.45, 2.75) is 4.90 Å². The maximum atomic E-state index is 12.5. The van der Waals surface area contributed by atoms with Gasteiger partial charge in [-0.15, -0.1) is 0 Å². The first-order valence-corrected chi connectivity index (χ1v) is 9.22. The molecule has 0 aromatic heterocycles. The van der Waals surface area contributed by atoms with E-state index >= 15 is 0 Å². The van der Waals surface area contributed by atoms with E-state index in [-0.39, 0.29) is 11.4 Å². The number of hydrogen-bond acceptors (Lipinski definition) is 5. The van der Waals surface area contributed by atoms with Gasteiger partial charge >= 0.3 is 0 Å². The number of carbonyl (C=O) groups is 1. The lowest BCUT2D eigenvalue weighted by Gasteiger charge is -2.20. The molecule has 26 heavy (non-hydrogen) atoms. The van der Waals surface area contributed by atoms with Crippen molar-refractivity contribution in [3.05, 3.63) is 54.1 Å². The average molecular weight is 372 g/mol. The van der Waals surface area contributed by atoms with Gasteiger partial charge in [-0.25, -0.2) is 8.42 Å². The molecule has 0 aliphatic carbocycles. The first-order chi connectivity index (χ1) is 12.3. The molecule has 0 aliphatic rings. The van der Waals surface area contributed by atoms with E-state index in [0.29, 0.717) is 11.3 Å². The lowest BCUT2D eigenvalue weighted by Crippen LogP contribution is -2.35. The zero-order valence-corrected chi connectivity index (χ0v) is 15.6. The molecule has 2 aromatic carbocycles. The Bertz CT molecular complexity index is 932. The van der Waals surface area contributed by atoms with Crippen molar-refractivity contribution in [1.29, 1.82) is 5.26 Å². The van der Waals surface area contributed by atoms with Crippen LogP contribution in [0.4, 0.5) is 11.4 Å². The summed E-state index contributed by atoms with van der Waals surface area (Å²) in [4.78, 5) is 14.2. The van der Waals surface area contributed by atoms with Gasteiger partial charge in [0.05, 0.1) is 34.4 Å². The van der Waals surface area contributed by atoms with Crippen LogP contribution < -0.4 is 10.2 Å². The summed E-state index contributed by atoms with van der Waals surface area (Å²) in [6.07, 6.45) is 0. The highest BCUT2D eigenvalue weighted by Gasteiger charge is 2.23. The molecule has 1 N–H and O–H groups in total. The molecule has 0 heterocycles. The molecule has 0 saturated heterocycles. The Labute approximate surface area is 153 Å². The largest absolute Gasteiger partial charge is 0.376 e. The molecule has 1 amide bonds. The molecule has 0 atom stereocenters. The molecule has 8 heteroatoms. The topological polar surface area (TPSA) is 93.5 Å². The average Bonchev–Trinajstić information content (AvgIpc) is 2.61. The first-order valence-electron chi connectivity index (χ1n) is 7.78. The SMILES string of the molecule is CN(C)c1ccccc1NC(=O)CN(C)S(=O)(=O)c1ccc(C#N)cc1. The van der Waals surface area contributed by atoms with Crippen LogP contribution in [0.1, 0.15) is 5.56 Å². The molecule has 0 unspecified atom stereocenters. The van der Waals surface area contributed by atoms with Crippen LogP contribution in [0.2, 0.25) is 0 Å². The molecule has 0 radical (unpaired) electrons. The van der Waals surface area contributed by atoms with E-state index in [1.54, 1.807) is 12.1 Å². The normalized spacial score (nSPS) is 11.0. The van der Waals surface area contributed by atoms with Crippen LogP contribution in [0.15, 0.2) is 53.4 Å². The fraction of sp³-hybridized carbons (Fsp3) is 0.222. The third-order valence-corrected chi connectivity index (χ3v) is 5.54. The maximum absolute atomic E-state index is 12.5. The highest BCUT2D eigenvalue weighted by atomic mass is 32.2. The lowest BCUT2D eigenvalue weighted by molar-refractivity contribution is -0.116. The van der Waals surface area contributed by atoms with Crippen LogP contribution in [0.25, 0.3) is 0 Å². The highest BCUT2D eigenvalue weighted by Crippen LogP contribution is 2.23. The Morgan fingerprint density at radius 3 is 2.27 bits per heavy atom. The minimum absolute atomic E-state index is 0.0282. The second kappa shape index (κ2) is 7.99. The van der Waals surface area contributed by atoms with Crippen LogP contribution >= 0.6 is 0 Å². The van der Waals surface area contributed by atoms with E-state index in [2.05, 4.69) is 5.32 Å². The number of nitrogens with zero attached hydrogens (tertiary/aromatic N) is 3. The Morgan fingerprint density at radius 2 is 1.69 bits per heavy atom. The molecular weight excluding hydrogens is 352 g/mol. The molecule has 136 valence electrons. The lowest BCUT2D eigenvalue weighted by atomic mass is 10.2. The molecule has 0 aliphatic heterocycles. The number of anilines is 2. The molecular formula is C18H20N4O3S. The van der Waals surface area contributed by atoms with E-state index < -0.39 is 15.9 Å². The maximum Gasteiger partial charge on any atom is 0.243 e. The number of sulfonamides is 1. The summed E-state index contributed by atoms with van der Waals surface area (Å²) in [5.41, 5.74) is 1.79. The molecule has 0 fully saturated rings. The second-order valence-corrected chi connectivity index (χ2v) is 7.90. The zero-order valence-electron chi connectivity index (χ0n) is 14.8. The second-order valence-electron chi connectivity index (χ2n) is 5.86. The van der Waals surface area contributed by atoms with E-state index in [1.807, 2.05) is 37.2 Å². The molecule has 0 saturated carbocycles. The number of likely N-dealkylation sites (N-methyl/N-ethyl adjacent to an activating group) is 1. The molecule has 0 spiro atoms. The van der Waals surface area contributed by atoms with Gasteiger partial charge in [-0.1, -0.05) is 12.1 Å². The zero-order chi connectivity index (χ0) is 19.3. The summed E-state index contributed by atoms with van der Waals surface area (Å²) in [7, 11) is 1.22. The summed E-state index contributed by atoms with van der Waals surface area (Å²) in [5, 5.41) is 11.5. The first kappa shape index (κ1) is 19.4. The number of benzene rings is 2. The minimum Gasteiger partial charge on any atom is -0.376 e. The number of para-hydroxylation sites is 2. The van der Waals surface area contributed by atoms with Gasteiger partial charge in [0.2, 0.25) is 15.9 Å². The van der Waals surface area contributed by atoms with E-state index in [0.717, 1.165) is 9.99 Å². The molecule has 2 aromatic rings. The monoisotopic (exact) mass is 372 g/mol. The van der Waals surface area contributed by atoms with Crippen LogP contribution in [0.3, 0.4) is 0 Å². The van der Waals surface area contributed by atoms with Gasteiger partial charge < -0.3 is 10.2 Å². The number of amides is 1. The predicted molar refractivity (Wildman–Crippen MR) is 100 cm³/mol. The molecule has 2 rings (SSSR count). The Hall–Kier alpha value is -2.89. The van der Waals surface area contributed by atoms with Crippen molar-refractivity contribution in [3.8, 4) is 6.07 Å². The number of nitriles is 1. The Balaban J connectivity index is 2.12. The molecule has 7 nitrogen and oxygen atoms in total. The fourth-order valence-electron chi connectivity index (χ4n) is 2.33. The van der Waals surface area contributed by atoms with Crippen LogP contribution in [-0.4, -0.2) is 46.3 Å². The Kier molecular flexibility index (Phi) is 5.97. The van der Waals surface area contributed by atoms with Gasteiger partial charge in [-0.2, -0.15) is 9.57 Å². The van der Waals surface area contributed by atoms with Crippen molar-refractivity contribution in [1.82, 2.24) is 4.31 Å². The summed E-state index contributed by atoms with van der Waals surface area (Å²) < 4.78 is 26.1. The van der Waals surface area contributed by atoms with Gasteiger partial charge in [0.1, 0.15) is 0 Å². The van der Waals surface area contributed by atoms with Crippen molar-refractivity contribution >= 4 is 27.3 Å². The minimum atomic E-state index is -3.83. The van der Waals surface area contributed by atoms with Crippen LogP contribution in [0.5, 0.6) is 0 Å². The molecule has 0 bridgehead atoms. The predicted octanol–water partition coefficient (Wildman–Crippen LogP) is 1.88. The van der Waals surface area contributed by atoms with E-state index in [1.165, 1.54) is 31.3 Å². The summed E-state index contributed by atoms with van der Waals surface area (Å²) in [6.45, 7) is -0.329. The van der Waals surface area contributed by atoms with Gasteiger partial charge in [0, 0.05) is 21.1 Å². The third-order valence-electron chi connectivity index (χ3n) is 3.72. The number of rotatable bonds is 6.